The van der Waals surface area contributed by atoms with Crippen LogP contribution in [0.15, 0.2) is 21.1 Å². The summed E-state index contributed by atoms with van der Waals surface area (Å²) in [4.78, 5) is 0. The molecular weight excluding hydrogens is 506 g/mol. The zero-order chi connectivity index (χ0) is 8.43. The Kier molecular flexibility index (Phi) is 4.29. The predicted molar refractivity (Wildman–Crippen MR) is 50.8 cm³/mol. The minimum absolute atomic E-state index is 0.962. The molecule has 1 heterocycles. The summed E-state index contributed by atoms with van der Waals surface area (Å²) < 4.78 is 7.13. The van der Waals surface area contributed by atoms with Crippen LogP contribution >= 0.6 is 44.2 Å². The van der Waals surface area contributed by atoms with Gasteiger partial charge >= 0.3 is 34.3 Å². The van der Waals surface area contributed by atoms with Crippen molar-refractivity contribution >= 4 is 44.2 Å². The molecule has 0 N–H and O–H groups in total. The molecule has 0 saturated carbocycles. The summed E-state index contributed by atoms with van der Waals surface area (Å²) in [6, 6.07) is 3.89. The normalized spacial score (nSPS) is 10.4. The molecule has 0 unspecified atom stereocenters. The fourth-order valence-corrected chi connectivity index (χ4v) is 1.40. The molecule has 5 heteroatoms. The fourth-order valence-electron chi connectivity index (χ4n) is 0.678. The van der Waals surface area contributed by atoms with Crippen molar-refractivity contribution in [2.45, 2.75) is 0 Å². The van der Waals surface area contributed by atoms with Crippen LogP contribution in [0.3, 0.4) is 0 Å². The molecule has 1 aromatic rings. The molecule has 57 valence electrons. The molecule has 2 rings (SSSR count). The Balaban J connectivity index is 0.000000281. The van der Waals surface area contributed by atoms with Gasteiger partial charge in [-0.05, 0) is 44.0 Å². The van der Waals surface area contributed by atoms with Crippen molar-refractivity contribution in [3.63, 3.8) is 0 Å². The summed E-state index contributed by atoms with van der Waals surface area (Å²) in [6.45, 7) is 0. The van der Waals surface area contributed by atoms with E-state index in [1.54, 1.807) is 0 Å². The first-order valence-corrected chi connectivity index (χ1v) is 12.1. The van der Waals surface area contributed by atoms with Crippen LogP contribution < -0.4 is 4.74 Å². The van der Waals surface area contributed by atoms with Crippen molar-refractivity contribution in [1.29, 1.82) is 0 Å². The molecule has 0 aliphatic carbocycles. The second-order valence-corrected chi connectivity index (χ2v) is 3.44. The number of ether oxygens (including phenoxy) is 1. The van der Waals surface area contributed by atoms with Gasteiger partial charge in [-0.15, -0.1) is 0 Å². The number of halogens is 3. The van der Waals surface area contributed by atoms with E-state index in [0.717, 1.165) is 42.5 Å². The van der Waals surface area contributed by atoms with Gasteiger partial charge in [0.15, 0.2) is 11.5 Å². The third kappa shape index (κ3) is 2.39. The van der Waals surface area contributed by atoms with Crippen molar-refractivity contribution in [3.8, 4) is 11.5 Å². The Bertz CT molecular complexity index is 273. The molecule has 0 saturated heterocycles. The van der Waals surface area contributed by atoms with E-state index in [2.05, 4.69) is 44.2 Å². The first-order valence-electron chi connectivity index (χ1n) is 2.64. The van der Waals surface area contributed by atoms with E-state index in [9.17, 15) is 0 Å². The van der Waals surface area contributed by atoms with Crippen LogP contribution in [0.1, 0.15) is 0 Å². The van der Waals surface area contributed by atoms with E-state index in [1.807, 2.05) is 12.1 Å². The Hall–Kier alpha value is 1.33. The molecule has 11 heavy (non-hydrogen) atoms. The number of fused-ring (bicyclic) bond motifs is 1. The number of benzene rings is 1. The van der Waals surface area contributed by atoms with Crippen molar-refractivity contribution in [3.05, 3.63) is 21.1 Å². The van der Waals surface area contributed by atoms with Crippen molar-refractivity contribution in [2.75, 3.05) is 0 Å². The molecule has 0 aromatic heterocycles. The van der Waals surface area contributed by atoms with Crippen LogP contribution in [0, 0.1) is 0 Å². The zero-order valence-electron chi connectivity index (χ0n) is 5.20. The Morgan fingerprint density at radius 3 is 2.36 bits per heavy atom. The van der Waals surface area contributed by atoms with Gasteiger partial charge in [0.25, 0.3) is 0 Å². The molecule has 0 amide bonds. The molecule has 0 radical (unpaired) electrons. The van der Waals surface area contributed by atoms with Gasteiger partial charge in [0.2, 0.25) is 0 Å². The summed E-state index contributed by atoms with van der Waals surface area (Å²) in [6.07, 6.45) is 0. The molecule has 0 bridgehead atoms. The second-order valence-electron chi connectivity index (χ2n) is 1.79. The van der Waals surface area contributed by atoms with Gasteiger partial charge in [-0.25, -0.2) is 0 Å². The van der Waals surface area contributed by atoms with Gasteiger partial charge in [-0.2, -0.15) is 0 Å². The number of rotatable bonds is 0. The molecule has 0 atom stereocenters. The summed E-state index contributed by atoms with van der Waals surface area (Å²) in [5, 5.41) is 0. The van der Waals surface area contributed by atoms with Crippen LogP contribution in [0.2, 0.25) is 0 Å². The van der Waals surface area contributed by atoms with Gasteiger partial charge in [0.05, 0.1) is 4.47 Å². The minimum atomic E-state index is 0.962. The summed E-state index contributed by atoms with van der Waals surface area (Å²) in [5.41, 5.74) is 0. The third-order valence-electron chi connectivity index (χ3n) is 1.18. The van der Waals surface area contributed by atoms with Crippen LogP contribution in [0.4, 0.5) is 0 Å². The van der Waals surface area contributed by atoms with E-state index >= 15 is 0 Å². The van der Waals surface area contributed by atoms with E-state index in [4.69, 9.17) is 4.74 Å². The second kappa shape index (κ2) is 4.53. The first-order chi connectivity index (χ1) is 5.29. The van der Waals surface area contributed by atoms with Crippen molar-refractivity contribution < 1.29 is 26.8 Å². The standard InChI is InChI=1S/C6H2Br2O.BrH.Hf/c7-3-1-2-4-6(9-4)5(3)8;;/h1-2H;1H;/q;;+1/p-1. The van der Waals surface area contributed by atoms with Gasteiger partial charge < -0.3 is 4.74 Å². The SMILES string of the molecule is Brc1ccc2c(c1Br)O2.[Br][Hf]. The van der Waals surface area contributed by atoms with E-state index in [1.165, 1.54) is 0 Å². The Labute approximate surface area is 102 Å². The van der Waals surface area contributed by atoms with Gasteiger partial charge in [0, 0.05) is 4.47 Å². The Morgan fingerprint density at radius 2 is 1.82 bits per heavy atom. The maximum atomic E-state index is 5.07. The first kappa shape index (κ1) is 10.4. The number of hydrogen-bond acceptors (Lipinski definition) is 1. The molecule has 1 aromatic carbocycles. The molecular formula is C6H2Br3HfO. The van der Waals surface area contributed by atoms with E-state index in [-0.39, 0.29) is 0 Å². The summed E-state index contributed by atoms with van der Waals surface area (Å²) in [5.74, 6) is 1.94. The van der Waals surface area contributed by atoms with Gasteiger partial charge in [-0.1, -0.05) is 0 Å². The monoisotopic (exact) mass is 507 g/mol. The van der Waals surface area contributed by atoms with Crippen LogP contribution in [-0.4, -0.2) is 0 Å². The summed E-state index contributed by atoms with van der Waals surface area (Å²) >= 11 is 10.9. The average molecular weight is 508 g/mol. The Morgan fingerprint density at radius 1 is 1.18 bits per heavy atom. The van der Waals surface area contributed by atoms with E-state index in [0.29, 0.717) is 0 Å². The van der Waals surface area contributed by atoms with Gasteiger partial charge in [-0.3, -0.25) is 0 Å². The zero-order valence-corrected chi connectivity index (χ0v) is 13.5. The van der Waals surface area contributed by atoms with Crippen LogP contribution in [0.25, 0.3) is 0 Å². The van der Waals surface area contributed by atoms with Gasteiger partial charge in [0.1, 0.15) is 0 Å². The fraction of sp³-hybridized carbons (Fsp3) is 0. The van der Waals surface area contributed by atoms with E-state index < -0.39 is 0 Å². The van der Waals surface area contributed by atoms with Crippen molar-refractivity contribution in [2.24, 2.45) is 0 Å². The molecule has 1 nitrogen and oxygen atoms in total. The topological polar surface area (TPSA) is 12.5 Å². The molecule has 0 spiro atoms. The molecule has 0 fully saturated rings. The van der Waals surface area contributed by atoms with Crippen molar-refractivity contribution in [1.82, 2.24) is 0 Å². The predicted octanol–water partition coefficient (Wildman–Crippen LogP) is 4.16. The summed E-state index contributed by atoms with van der Waals surface area (Å²) in [7, 11) is 0. The van der Waals surface area contributed by atoms with Crippen LogP contribution in [0.5, 0.6) is 11.5 Å². The average Bonchev–Trinajstić information content (AvgIpc) is 2.81. The maximum absolute atomic E-state index is 5.07. The third-order valence-corrected chi connectivity index (χ3v) is 3.16. The number of hydrogen-bond donors (Lipinski definition) is 0. The quantitative estimate of drug-likeness (QED) is 0.385. The van der Waals surface area contributed by atoms with Crippen LogP contribution in [-0.2, 0) is 22.0 Å². The molecule has 1 aliphatic heterocycles. The molecule has 1 aliphatic rings.